The fourth-order valence-electron chi connectivity index (χ4n) is 1.53. The van der Waals surface area contributed by atoms with Crippen molar-refractivity contribution in [1.29, 1.82) is 0 Å². The molecule has 0 heterocycles. The van der Waals surface area contributed by atoms with Gasteiger partial charge in [-0.1, -0.05) is 0 Å². The number of methoxy groups -OCH3 is 3. The van der Waals surface area contributed by atoms with Crippen LogP contribution in [-0.2, 0) is 0 Å². The average Bonchev–Trinajstić information content (AvgIpc) is 2.36. The lowest BCUT2D eigenvalue weighted by atomic mass is 10.1. The van der Waals surface area contributed by atoms with Crippen LogP contribution < -0.4 is 19.9 Å². The van der Waals surface area contributed by atoms with Crippen LogP contribution in [0.1, 0.15) is 11.6 Å². The summed E-state index contributed by atoms with van der Waals surface area (Å²) in [5.41, 5.74) is 5.99. The van der Waals surface area contributed by atoms with Crippen molar-refractivity contribution < 1.29 is 23.7 Å². The van der Waals surface area contributed by atoms with Crippen molar-refractivity contribution in [2.45, 2.75) is 6.04 Å². The SMILES string of the molecule is COc1cc(C(N)CO)c(OC)c(F)c1OC. The van der Waals surface area contributed by atoms with Gasteiger partial charge in [0.1, 0.15) is 0 Å². The van der Waals surface area contributed by atoms with Crippen molar-refractivity contribution in [3.63, 3.8) is 0 Å². The summed E-state index contributed by atoms with van der Waals surface area (Å²) in [5.74, 6) is -0.611. The number of nitrogens with two attached hydrogens (primary N) is 1. The van der Waals surface area contributed by atoms with Crippen LogP contribution in [0.5, 0.6) is 17.2 Å². The van der Waals surface area contributed by atoms with Gasteiger partial charge in [-0.25, -0.2) is 0 Å². The van der Waals surface area contributed by atoms with Crippen molar-refractivity contribution in [2.75, 3.05) is 27.9 Å². The molecule has 1 rings (SSSR count). The Labute approximate surface area is 98.9 Å². The van der Waals surface area contributed by atoms with Gasteiger partial charge in [0.2, 0.25) is 11.6 Å². The van der Waals surface area contributed by atoms with Crippen LogP contribution in [0.4, 0.5) is 4.39 Å². The highest BCUT2D eigenvalue weighted by molar-refractivity contribution is 5.53. The lowest BCUT2D eigenvalue weighted by molar-refractivity contribution is 0.261. The lowest BCUT2D eigenvalue weighted by Gasteiger charge is -2.18. The second kappa shape index (κ2) is 5.70. The summed E-state index contributed by atoms with van der Waals surface area (Å²) in [5, 5.41) is 9.01. The maximum absolute atomic E-state index is 14.0. The smallest absolute Gasteiger partial charge is 0.211 e. The highest BCUT2D eigenvalue weighted by Crippen LogP contribution is 2.40. The van der Waals surface area contributed by atoms with E-state index in [4.69, 9.17) is 25.1 Å². The minimum Gasteiger partial charge on any atom is -0.493 e. The average molecular weight is 245 g/mol. The molecule has 0 bridgehead atoms. The normalized spacial score (nSPS) is 12.1. The van der Waals surface area contributed by atoms with Gasteiger partial charge in [-0.15, -0.1) is 0 Å². The minimum absolute atomic E-state index is 0.0517. The fourth-order valence-corrected chi connectivity index (χ4v) is 1.53. The first kappa shape index (κ1) is 13.5. The summed E-state index contributed by atoms with van der Waals surface area (Å²) in [4.78, 5) is 0. The molecule has 1 aromatic rings. The van der Waals surface area contributed by atoms with Crippen molar-refractivity contribution in [3.8, 4) is 17.2 Å². The van der Waals surface area contributed by atoms with Crippen molar-refractivity contribution in [1.82, 2.24) is 0 Å². The third-order valence-corrected chi connectivity index (χ3v) is 2.40. The fraction of sp³-hybridized carbons (Fsp3) is 0.455. The molecule has 0 fully saturated rings. The van der Waals surface area contributed by atoms with Crippen LogP contribution >= 0.6 is 0 Å². The molecule has 0 amide bonds. The van der Waals surface area contributed by atoms with Crippen LogP contribution in [0.2, 0.25) is 0 Å². The quantitative estimate of drug-likeness (QED) is 0.804. The molecule has 3 N–H and O–H groups in total. The zero-order valence-corrected chi connectivity index (χ0v) is 9.99. The molecular formula is C11H16FNO4. The number of hydrogen-bond donors (Lipinski definition) is 2. The molecule has 6 heteroatoms. The maximum Gasteiger partial charge on any atom is 0.211 e. The molecule has 0 aromatic heterocycles. The van der Waals surface area contributed by atoms with Crippen molar-refractivity contribution in [2.24, 2.45) is 5.73 Å². The Morgan fingerprint density at radius 2 is 1.82 bits per heavy atom. The topological polar surface area (TPSA) is 73.9 Å². The van der Waals surface area contributed by atoms with Gasteiger partial charge < -0.3 is 25.1 Å². The Bertz CT molecular complexity index is 398. The molecular weight excluding hydrogens is 229 g/mol. The summed E-state index contributed by atoms with van der Waals surface area (Å²) < 4.78 is 28.8. The predicted molar refractivity (Wildman–Crippen MR) is 60.1 cm³/mol. The van der Waals surface area contributed by atoms with Gasteiger partial charge in [-0.3, -0.25) is 0 Å². The van der Waals surface area contributed by atoms with Gasteiger partial charge >= 0.3 is 0 Å². The molecule has 1 atom stereocenters. The Morgan fingerprint density at radius 3 is 2.24 bits per heavy atom. The second-order valence-electron chi connectivity index (χ2n) is 3.34. The highest BCUT2D eigenvalue weighted by atomic mass is 19.1. The monoisotopic (exact) mass is 245 g/mol. The second-order valence-corrected chi connectivity index (χ2v) is 3.34. The number of halogens is 1. The van der Waals surface area contributed by atoms with Gasteiger partial charge in [0.15, 0.2) is 11.5 Å². The van der Waals surface area contributed by atoms with E-state index in [1.165, 1.54) is 27.4 Å². The van der Waals surface area contributed by atoms with Crippen LogP contribution in [0.25, 0.3) is 0 Å². The summed E-state index contributed by atoms with van der Waals surface area (Å²) in [6, 6.07) is 0.737. The number of aliphatic hydroxyl groups is 1. The van der Waals surface area contributed by atoms with Gasteiger partial charge in [0.05, 0.1) is 34.0 Å². The standard InChI is InChI=1S/C11H16FNO4/c1-15-8-4-6(7(13)5-14)10(16-2)9(12)11(8)17-3/h4,7,14H,5,13H2,1-3H3. The van der Waals surface area contributed by atoms with Crippen LogP contribution in [0, 0.1) is 5.82 Å². The number of rotatable bonds is 5. The van der Waals surface area contributed by atoms with Crippen molar-refractivity contribution >= 4 is 0 Å². The van der Waals surface area contributed by atoms with Gasteiger partial charge in [-0.05, 0) is 6.07 Å². The number of hydrogen-bond acceptors (Lipinski definition) is 5. The van der Waals surface area contributed by atoms with E-state index >= 15 is 0 Å². The molecule has 0 radical (unpaired) electrons. The summed E-state index contributed by atoms with van der Waals surface area (Å²) >= 11 is 0. The Balaban J connectivity index is 3.45. The first-order valence-corrected chi connectivity index (χ1v) is 4.95. The van der Waals surface area contributed by atoms with Crippen LogP contribution in [-0.4, -0.2) is 33.0 Å². The molecule has 0 aliphatic heterocycles. The van der Waals surface area contributed by atoms with Crippen LogP contribution in [0.3, 0.4) is 0 Å². The summed E-state index contributed by atoms with van der Waals surface area (Å²) in [7, 11) is 4.03. The van der Waals surface area contributed by atoms with E-state index in [1.54, 1.807) is 0 Å². The third kappa shape index (κ3) is 2.42. The number of aliphatic hydroxyl groups excluding tert-OH is 1. The summed E-state index contributed by atoms with van der Waals surface area (Å²) in [6.45, 7) is -0.328. The largest absolute Gasteiger partial charge is 0.493 e. The molecule has 0 aliphatic rings. The van der Waals surface area contributed by atoms with Gasteiger partial charge in [0, 0.05) is 5.56 Å². The molecule has 0 saturated carbocycles. The molecule has 1 unspecified atom stereocenters. The minimum atomic E-state index is -0.751. The highest BCUT2D eigenvalue weighted by Gasteiger charge is 2.23. The van der Waals surface area contributed by atoms with E-state index < -0.39 is 11.9 Å². The van der Waals surface area contributed by atoms with E-state index in [9.17, 15) is 4.39 Å². The van der Waals surface area contributed by atoms with Gasteiger partial charge in [-0.2, -0.15) is 4.39 Å². The molecule has 0 aliphatic carbocycles. The molecule has 0 saturated heterocycles. The Kier molecular flexibility index (Phi) is 4.53. The first-order chi connectivity index (χ1) is 8.10. The molecule has 0 spiro atoms. The van der Waals surface area contributed by atoms with Gasteiger partial charge in [0.25, 0.3) is 0 Å². The molecule has 1 aromatic carbocycles. The zero-order valence-electron chi connectivity index (χ0n) is 9.99. The van der Waals surface area contributed by atoms with E-state index in [0.29, 0.717) is 5.56 Å². The predicted octanol–water partition coefficient (Wildman–Crippen LogP) is 0.844. The molecule has 5 nitrogen and oxygen atoms in total. The Morgan fingerprint density at radius 1 is 1.24 bits per heavy atom. The summed E-state index contributed by atoms with van der Waals surface area (Å²) in [6.07, 6.45) is 0. The number of benzene rings is 1. The molecule has 96 valence electrons. The van der Waals surface area contributed by atoms with Crippen molar-refractivity contribution in [3.05, 3.63) is 17.4 Å². The lowest BCUT2D eigenvalue weighted by Crippen LogP contribution is -2.16. The molecule has 17 heavy (non-hydrogen) atoms. The van der Waals surface area contributed by atoms with E-state index in [2.05, 4.69) is 0 Å². The zero-order chi connectivity index (χ0) is 13.0. The first-order valence-electron chi connectivity index (χ1n) is 4.95. The Hall–Kier alpha value is -1.53. The maximum atomic E-state index is 14.0. The third-order valence-electron chi connectivity index (χ3n) is 2.40. The van der Waals surface area contributed by atoms with E-state index in [0.717, 1.165) is 0 Å². The number of ether oxygens (including phenoxy) is 3. The van der Waals surface area contributed by atoms with E-state index in [1.807, 2.05) is 0 Å². The van der Waals surface area contributed by atoms with E-state index in [-0.39, 0.29) is 23.9 Å². The van der Waals surface area contributed by atoms with Crippen LogP contribution in [0.15, 0.2) is 6.07 Å².